The lowest BCUT2D eigenvalue weighted by atomic mass is 10.1. The molecule has 0 saturated carbocycles. The zero-order valence-electron chi connectivity index (χ0n) is 12.6. The van der Waals surface area contributed by atoms with Crippen LogP contribution in [-0.2, 0) is 0 Å². The van der Waals surface area contributed by atoms with Crippen molar-refractivity contribution in [2.75, 3.05) is 10.6 Å². The first-order chi connectivity index (χ1) is 10.6. The number of para-hydroxylation sites is 2. The SMILES string of the molecule is Cc1cccc(C)c1NC(=O)Nc1cccc2cccnc12. The van der Waals surface area contributed by atoms with E-state index in [1.54, 1.807) is 6.20 Å². The van der Waals surface area contributed by atoms with E-state index in [4.69, 9.17) is 0 Å². The van der Waals surface area contributed by atoms with Crippen LogP contribution in [0.4, 0.5) is 16.2 Å². The van der Waals surface area contributed by atoms with Gasteiger partial charge in [-0.2, -0.15) is 0 Å². The minimum absolute atomic E-state index is 0.268. The Kier molecular flexibility index (Phi) is 3.74. The third kappa shape index (κ3) is 2.76. The maximum absolute atomic E-state index is 12.3. The molecule has 1 aromatic heterocycles. The van der Waals surface area contributed by atoms with Gasteiger partial charge in [-0.15, -0.1) is 0 Å². The van der Waals surface area contributed by atoms with Crippen LogP contribution < -0.4 is 10.6 Å². The molecule has 0 saturated heterocycles. The Balaban J connectivity index is 1.85. The van der Waals surface area contributed by atoms with Crippen LogP contribution in [0.25, 0.3) is 10.9 Å². The van der Waals surface area contributed by atoms with Crippen LogP contribution in [0.5, 0.6) is 0 Å². The van der Waals surface area contributed by atoms with Crippen LogP contribution in [0.2, 0.25) is 0 Å². The number of aryl methyl sites for hydroxylation is 2. The summed E-state index contributed by atoms with van der Waals surface area (Å²) in [6.45, 7) is 3.95. The summed E-state index contributed by atoms with van der Waals surface area (Å²) in [5, 5.41) is 6.78. The van der Waals surface area contributed by atoms with E-state index >= 15 is 0 Å². The van der Waals surface area contributed by atoms with Crippen molar-refractivity contribution in [1.82, 2.24) is 4.98 Å². The van der Waals surface area contributed by atoms with Gasteiger partial charge >= 0.3 is 6.03 Å². The quantitative estimate of drug-likeness (QED) is 0.730. The van der Waals surface area contributed by atoms with Crippen molar-refractivity contribution in [2.45, 2.75) is 13.8 Å². The molecule has 2 amide bonds. The molecule has 0 aliphatic heterocycles. The lowest BCUT2D eigenvalue weighted by Crippen LogP contribution is -2.20. The van der Waals surface area contributed by atoms with Crippen LogP contribution in [0.3, 0.4) is 0 Å². The number of fused-ring (bicyclic) bond motifs is 1. The van der Waals surface area contributed by atoms with Gasteiger partial charge in [0.15, 0.2) is 0 Å². The molecule has 0 fully saturated rings. The second kappa shape index (κ2) is 5.85. The first-order valence-electron chi connectivity index (χ1n) is 7.13. The second-order valence-corrected chi connectivity index (χ2v) is 5.23. The highest BCUT2D eigenvalue weighted by molar-refractivity contribution is 6.05. The molecular weight excluding hydrogens is 274 g/mol. The van der Waals surface area contributed by atoms with E-state index in [-0.39, 0.29) is 6.03 Å². The average Bonchev–Trinajstić information content (AvgIpc) is 2.51. The minimum atomic E-state index is -0.268. The number of hydrogen-bond donors (Lipinski definition) is 2. The minimum Gasteiger partial charge on any atom is -0.307 e. The van der Waals surface area contributed by atoms with E-state index in [0.717, 1.165) is 27.7 Å². The van der Waals surface area contributed by atoms with Gasteiger partial charge in [-0.1, -0.05) is 36.4 Å². The summed E-state index contributed by atoms with van der Waals surface area (Å²) in [6.07, 6.45) is 1.72. The average molecular weight is 291 g/mol. The van der Waals surface area contributed by atoms with Crippen molar-refractivity contribution in [3.8, 4) is 0 Å². The predicted molar refractivity (Wildman–Crippen MR) is 90.3 cm³/mol. The number of nitrogens with one attached hydrogen (secondary N) is 2. The molecule has 4 nitrogen and oxygen atoms in total. The molecule has 2 N–H and O–H groups in total. The summed E-state index contributed by atoms with van der Waals surface area (Å²) in [4.78, 5) is 16.6. The Morgan fingerprint density at radius 3 is 2.36 bits per heavy atom. The van der Waals surface area contributed by atoms with Gasteiger partial charge < -0.3 is 10.6 Å². The Morgan fingerprint density at radius 1 is 0.909 bits per heavy atom. The molecule has 0 aliphatic carbocycles. The standard InChI is InChI=1S/C18H17N3O/c1-12-6-3-7-13(2)16(12)21-18(22)20-15-10-4-8-14-9-5-11-19-17(14)15/h3-11H,1-2H3,(H2,20,21,22). The van der Waals surface area contributed by atoms with Crippen LogP contribution in [-0.4, -0.2) is 11.0 Å². The summed E-state index contributed by atoms with van der Waals surface area (Å²) in [5.41, 5.74) is 4.38. The van der Waals surface area contributed by atoms with Crippen LogP contribution in [0.1, 0.15) is 11.1 Å². The highest BCUT2D eigenvalue weighted by Gasteiger charge is 2.09. The lowest BCUT2D eigenvalue weighted by Gasteiger charge is -2.13. The molecule has 1 heterocycles. The normalized spacial score (nSPS) is 10.5. The molecule has 0 aliphatic rings. The van der Waals surface area contributed by atoms with Gasteiger partial charge in [-0.05, 0) is 37.1 Å². The van der Waals surface area contributed by atoms with Gasteiger partial charge in [-0.25, -0.2) is 4.79 Å². The van der Waals surface area contributed by atoms with Crippen molar-refractivity contribution >= 4 is 28.3 Å². The molecule has 3 aromatic rings. The number of carbonyl (C=O) groups excluding carboxylic acids is 1. The summed E-state index contributed by atoms with van der Waals surface area (Å²) >= 11 is 0. The van der Waals surface area contributed by atoms with Crippen LogP contribution >= 0.6 is 0 Å². The highest BCUT2D eigenvalue weighted by Crippen LogP contribution is 2.22. The van der Waals surface area contributed by atoms with E-state index in [1.165, 1.54) is 0 Å². The van der Waals surface area contributed by atoms with Crippen LogP contribution in [0, 0.1) is 13.8 Å². The first-order valence-corrected chi connectivity index (χ1v) is 7.13. The maximum atomic E-state index is 12.3. The Hall–Kier alpha value is -2.88. The summed E-state index contributed by atoms with van der Waals surface area (Å²) in [5.74, 6) is 0. The second-order valence-electron chi connectivity index (χ2n) is 5.23. The number of hydrogen-bond acceptors (Lipinski definition) is 2. The molecule has 0 unspecified atom stereocenters. The Labute approximate surface area is 129 Å². The number of urea groups is 1. The third-order valence-electron chi connectivity index (χ3n) is 3.60. The molecule has 3 rings (SSSR count). The first kappa shape index (κ1) is 14.1. The monoisotopic (exact) mass is 291 g/mol. The van der Waals surface area contributed by atoms with Gasteiger partial charge in [0, 0.05) is 17.3 Å². The van der Waals surface area contributed by atoms with E-state index < -0.39 is 0 Å². The van der Waals surface area contributed by atoms with Crippen molar-refractivity contribution in [3.63, 3.8) is 0 Å². The highest BCUT2D eigenvalue weighted by atomic mass is 16.2. The topological polar surface area (TPSA) is 54.0 Å². The Morgan fingerprint density at radius 2 is 1.59 bits per heavy atom. The number of amides is 2. The van der Waals surface area contributed by atoms with Crippen molar-refractivity contribution in [2.24, 2.45) is 0 Å². The number of anilines is 2. The summed E-state index contributed by atoms with van der Waals surface area (Å²) in [7, 11) is 0. The van der Waals surface area contributed by atoms with E-state index in [2.05, 4.69) is 15.6 Å². The zero-order valence-corrected chi connectivity index (χ0v) is 12.6. The van der Waals surface area contributed by atoms with Crippen molar-refractivity contribution in [3.05, 3.63) is 65.9 Å². The molecule has 0 atom stereocenters. The van der Waals surface area contributed by atoms with E-state index in [1.807, 2.05) is 62.4 Å². The summed E-state index contributed by atoms with van der Waals surface area (Å²) < 4.78 is 0. The fourth-order valence-corrected chi connectivity index (χ4v) is 2.48. The predicted octanol–water partition coefficient (Wildman–Crippen LogP) is 4.50. The number of rotatable bonds is 2. The maximum Gasteiger partial charge on any atom is 0.323 e. The molecular formula is C18H17N3O. The molecule has 110 valence electrons. The molecule has 0 bridgehead atoms. The molecule has 2 aromatic carbocycles. The molecule has 4 heteroatoms. The van der Waals surface area contributed by atoms with Gasteiger partial charge in [0.1, 0.15) is 0 Å². The lowest BCUT2D eigenvalue weighted by molar-refractivity contribution is 0.262. The molecule has 0 spiro atoms. The Bertz CT molecular complexity index is 817. The third-order valence-corrected chi connectivity index (χ3v) is 3.60. The smallest absolute Gasteiger partial charge is 0.307 e. The van der Waals surface area contributed by atoms with Crippen LogP contribution in [0.15, 0.2) is 54.7 Å². The van der Waals surface area contributed by atoms with Gasteiger partial charge in [0.25, 0.3) is 0 Å². The van der Waals surface area contributed by atoms with E-state index in [9.17, 15) is 4.79 Å². The number of benzene rings is 2. The number of carbonyl (C=O) groups is 1. The molecule has 22 heavy (non-hydrogen) atoms. The van der Waals surface area contributed by atoms with Gasteiger partial charge in [0.2, 0.25) is 0 Å². The summed E-state index contributed by atoms with van der Waals surface area (Å²) in [6, 6.07) is 15.2. The van der Waals surface area contributed by atoms with Gasteiger partial charge in [-0.3, -0.25) is 4.98 Å². The number of aromatic nitrogens is 1. The number of nitrogens with zero attached hydrogens (tertiary/aromatic N) is 1. The fraction of sp³-hybridized carbons (Fsp3) is 0.111. The molecule has 0 radical (unpaired) electrons. The van der Waals surface area contributed by atoms with Crippen molar-refractivity contribution < 1.29 is 4.79 Å². The zero-order chi connectivity index (χ0) is 15.5. The largest absolute Gasteiger partial charge is 0.323 e. The fourth-order valence-electron chi connectivity index (χ4n) is 2.48. The van der Waals surface area contributed by atoms with E-state index in [0.29, 0.717) is 5.69 Å². The van der Waals surface area contributed by atoms with Gasteiger partial charge in [0.05, 0.1) is 11.2 Å². The van der Waals surface area contributed by atoms with Crippen molar-refractivity contribution in [1.29, 1.82) is 0 Å². The number of pyridine rings is 1.